The first-order valence-electron chi connectivity index (χ1n) is 8.37. The number of para-hydroxylation sites is 1. The van der Waals surface area contributed by atoms with Crippen molar-refractivity contribution in [2.24, 2.45) is 0 Å². The minimum Gasteiger partial charge on any atom is -0.324 e. The highest BCUT2D eigenvalue weighted by molar-refractivity contribution is 5.93. The van der Waals surface area contributed by atoms with Gasteiger partial charge in [-0.15, -0.1) is 0 Å². The molecule has 0 aliphatic heterocycles. The molecule has 0 unspecified atom stereocenters. The van der Waals surface area contributed by atoms with Gasteiger partial charge in [-0.1, -0.05) is 44.2 Å². The molecule has 0 aliphatic carbocycles. The second-order valence-electron chi connectivity index (χ2n) is 6.01. The highest BCUT2D eigenvalue weighted by atomic mass is 19.1. The van der Waals surface area contributed by atoms with Crippen molar-refractivity contribution in [3.8, 4) is 0 Å². The molecule has 0 aliphatic rings. The number of rotatable bonds is 7. The highest BCUT2D eigenvalue weighted by Crippen LogP contribution is 2.22. The lowest BCUT2D eigenvalue weighted by Crippen LogP contribution is -2.30. The molecule has 0 radical (unpaired) electrons. The van der Waals surface area contributed by atoms with Gasteiger partial charge >= 0.3 is 0 Å². The number of amides is 1. The summed E-state index contributed by atoms with van der Waals surface area (Å²) in [5.74, 6) is -0.306. The average molecular weight is 328 g/mol. The number of aryl methyl sites for hydroxylation is 2. The van der Waals surface area contributed by atoms with Crippen LogP contribution in [0.1, 0.15) is 30.5 Å². The van der Waals surface area contributed by atoms with E-state index in [9.17, 15) is 9.18 Å². The summed E-state index contributed by atoms with van der Waals surface area (Å²) in [5, 5.41) is 3.05. The SMILES string of the molecule is CCc1cccc(CC)c1NC(=O)CN(C)Cc1cccc(F)c1. The minimum atomic E-state index is -0.255. The number of anilines is 1. The molecule has 1 N–H and O–H groups in total. The van der Waals surface area contributed by atoms with Crippen molar-refractivity contribution in [3.05, 3.63) is 65.0 Å². The molecular formula is C20H25FN2O. The third-order valence-electron chi connectivity index (χ3n) is 4.02. The van der Waals surface area contributed by atoms with Gasteiger partial charge < -0.3 is 5.32 Å². The maximum Gasteiger partial charge on any atom is 0.238 e. The second-order valence-corrected chi connectivity index (χ2v) is 6.01. The first-order chi connectivity index (χ1) is 11.5. The number of benzene rings is 2. The second kappa shape index (κ2) is 8.60. The summed E-state index contributed by atoms with van der Waals surface area (Å²) in [7, 11) is 1.86. The van der Waals surface area contributed by atoms with Crippen LogP contribution in [0.2, 0.25) is 0 Å². The summed E-state index contributed by atoms with van der Waals surface area (Å²) in [6.07, 6.45) is 1.76. The zero-order valence-corrected chi connectivity index (χ0v) is 14.6. The van der Waals surface area contributed by atoms with Crippen molar-refractivity contribution in [2.45, 2.75) is 33.2 Å². The highest BCUT2D eigenvalue weighted by Gasteiger charge is 2.12. The Labute approximate surface area is 143 Å². The van der Waals surface area contributed by atoms with E-state index in [4.69, 9.17) is 0 Å². The molecule has 2 rings (SSSR count). The van der Waals surface area contributed by atoms with Crippen LogP contribution in [-0.2, 0) is 24.2 Å². The normalized spacial score (nSPS) is 10.9. The van der Waals surface area contributed by atoms with E-state index in [2.05, 4.69) is 19.2 Å². The van der Waals surface area contributed by atoms with E-state index in [1.165, 1.54) is 12.1 Å². The summed E-state index contributed by atoms with van der Waals surface area (Å²) in [6, 6.07) is 12.6. The Balaban J connectivity index is 2.00. The fraction of sp³-hybridized carbons (Fsp3) is 0.350. The molecule has 0 atom stereocenters. The van der Waals surface area contributed by atoms with E-state index in [-0.39, 0.29) is 18.3 Å². The molecule has 3 nitrogen and oxygen atoms in total. The molecule has 0 heterocycles. The average Bonchev–Trinajstić information content (AvgIpc) is 2.54. The number of likely N-dealkylation sites (N-methyl/N-ethyl adjacent to an activating group) is 1. The quantitative estimate of drug-likeness (QED) is 0.832. The Bertz CT molecular complexity index is 678. The van der Waals surface area contributed by atoms with Gasteiger partial charge in [-0.05, 0) is 48.7 Å². The van der Waals surface area contributed by atoms with Gasteiger partial charge in [0.1, 0.15) is 5.82 Å². The Hall–Kier alpha value is -2.20. The van der Waals surface area contributed by atoms with Gasteiger partial charge in [-0.25, -0.2) is 4.39 Å². The number of hydrogen-bond acceptors (Lipinski definition) is 2. The predicted octanol–water partition coefficient (Wildman–Crippen LogP) is 4.02. The molecule has 0 bridgehead atoms. The van der Waals surface area contributed by atoms with Crippen LogP contribution in [0.3, 0.4) is 0 Å². The number of nitrogens with zero attached hydrogens (tertiary/aromatic N) is 1. The van der Waals surface area contributed by atoms with Gasteiger partial charge in [-0.3, -0.25) is 9.69 Å². The first-order valence-corrected chi connectivity index (χ1v) is 8.37. The molecule has 2 aromatic carbocycles. The van der Waals surface area contributed by atoms with Crippen molar-refractivity contribution in [3.63, 3.8) is 0 Å². The van der Waals surface area contributed by atoms with E-state index < -0.39 is 0 Å². The van der Waals surface area contributed by atoms with E-state index >= 15 is 0 Å². The molecule has 0 aromatic heterocycles. The largest absolute Gasteiger partial charge is 0.324 e. The van der Waals surface area contributed by atoms with Crippen LogP contribution >= 0.6 is 0 Å². The third-order valence-corrected chi connectivity index (χ3v) is 4.02. The first kappa shape index (κ1) is 18.1. The van der Waals surface area contributed by atoms with Gasteiger partial charge in [-0.2, -0.15) is 0 Å². The van der Waals surface area contributed by atoms with Gasteiger partial charge in [0.25, 0.3) is 0 Å². The Morgan fingerprint density at radius 2 is 1.71 bits per heavy atom. The molecule has 128 valence electrons. The number of carbonyl (C=O) groups is 1. The van der Waals surface area contributed by atoms with E-state index in [0.717, 1.165) is 35.2 Å². The molecule has 2 aromatic rings. The Morgan fingerprint density at radius 1 is 1.08 bits per heavy atom. The summed E-state index contributed by atoms with van der Waals surface area (Å²) < 4.78 is 13.2. The number of nitrogens with one attached hydrogen (secondary N) is 1. The number of carbonyl (C=O) groups excluding carboxylic acids is 1. The smallest absolute Gasteiger partial charge is 0.238 e. The molecule has 0 saturated heterocycles. The zero-order chi connectivity index (χ0) is 17.5. The number of hydrogen-bond donors (Lipinski definition) is 1. The van der Waals surface area contributed by atoms with E-state index in [1.807, 2.05) is 36.2 Å². The Kier molecular flexibility index (Phi) is 6.50. The molecule has 1 amide bonds. The molecule has 0 saturated carbocycles. The molecule has 24 heavy (non-hydrogen) atoms. The van der Waals surface area contributed by atoms with E-state index in [0.29, 0.717) is 6.54 Å². The molecule has 0 fully saturated rings. The van der Waals surface area contributed by atoms with Crippen LogP contribution in [-0.4, -0.2) is 24.4 Å². The van der Waals surface area contributed by atoms with Crippen LogP contribution in [0.25, 0.3) is 0 Å². The van der Waals surface area contributed by atoms with Crippen LogP contribution in [0.5, 0.6) is 0 Å². The number of halogens is 1. The van der Waals surface area contributed by atoms with Crippen LogP contribution < -0.4 is 5.32 Å². The lowest BCUT2D eigenvalue weighted by Gasteiger charge is -2.19. The third kappa shape index (κ3) is 4.90. The molecular weight excluding hydrogens is 303 g/mol. The van der Waals surface area contributed by atoms with Crippen molar-refractivity contribution in [2.75, 3.05) is 18.9 Å². The van der Waals surface area contributed by atoms with Gasteiger partial charge in [0.15, 0.2) is 0 Å². The van der Waals surface area contributed by atoms with Gasteiger partial charge in [0.2, 0.25) is 5.91 Å². The Morgan fingerprint density at radius 3 is 2.29 bits per heavy atom. The van der Waals surface area contributed by atoms with E-state index in [1.54, 1.807) is 6.07 Å². The molecule has 0 spiro atoms. The summed E-state index contributed by atoms with van der Waals surface area (Å²) >= 11 is 0. The van der Waals surface area contributed by atoms with Crippen molar-refractivity contribution in [1.29, 1.82) is 0 Å². The standard InChI is InChI=1S/C20H25FN2O/c1-4-16-9-7-10-17(5-2)20(16)22-19(24)14-23(3)13-15-8-6-11-18(21)12-15/h6-12H,4-5,13-14H2,1-3H3,(H,22,24). The van der Waals surface area contributed by atoms with Crippen molar-refractivity contribution in [1.82, 2.24) is 4.90 Å². The fourth-order valence-electron chi connectivity index (χ4n) is 2.83. The molecule has 4 heteroatoms. The predicted molar refractivity (Wildman–Crippen MR) is 96.6 cm³/mol. The topological polar surface area (TPSA) is 32.3 Å². The van der Waals surface area contributed by atoms with Crippen molar-refractivity contribution < 1.29 is 9.18 Å². The maximum absolute atomic E-state index is 13.2. The van der Waals surface area contributed by atoms with Crippen molar-refractivity contribution >= 4 is 11.6 Å². The fourth-order valence-corrected chi connectivity index (χ4v) is 2.83. The van der Waals surface area contributed by atoms with Crippen LogP contribution in [0.4, 0.5) is 10.1 Å². The van der Waals surface area contributed by atoms with Gasteiger partial charge in [0.05, 0.1) is 6.54 Å². The monoisotopic (exact) mass is 328 g/mol. The van der Waals surface area contributed by atoms with Crippen LogP contribution in [0.15, 0.2) is 42.5 Å². The maximum atomic E-state index is 13.2. The lowest BCUT2D eigenvalue weighted by atomic mass is 10.0. The van der Waals surface area contributed by atoms with Crippen LogP contribution in [0, 0.1) is 5.82 Å². The minimum absolute atomic E-state index is 0.0514. The summed E-state index contributed by atoms with van der Waals surface area (Å²) in [6.45, 7) is 4.96. The lowest BCUT2D eigenvalue weighted by molar-refractivity contribution is -0.117. The van der Waals surface area contributed by atoms with Gasteiger partial charge in [0, 0.05) is 12.2 Å². The summed E-state index contributed by atoms with van der Waals surface area (Å²) in [5.41, 5.74) is 4.09. The zero-order valence-electron chi connectivity index (χ0n) is 14.6. The summed E-state index contributed by atoms with van der Waals surface area (Å²) in [4.78, 5) is 14.3.